The summed E-state index contributed by atoms with van der Waals surface area (Å²) in [6, 6.07) is 3.75. The molecule has 1 fully saturated rings. The van der Waals surface area contributed by atoms with Gasteiger partial charge in [-0.25, -0.2) is 0 Å². The van der Waals surface area contributed by atoms with Crippen LogP contribution in [0.5, 0.6) is 5.75 Å². The molecule has 1 atom stereocenters. The fourth-order valence-electron chi connectivity index (χ4n) is 2.85. The molecule has 0 saturated carbocycles. The summed E-state index contributed by atoms with van der Waals surface area (Å²) >= 11 is 0. The van der Waals surface area contributed by atoms with Gasteiger partial charge in [-0.05, 0) is 19.4 Å². The number of aryl methyl sites for hydroxylation is 1. The molecule has 1 unspecified atom stereocenters. The fraction of sp³-hybridized carbons (Fsp3) is 0.471. The molecule has 128 valence electrons. The van der Waals surface area contributed by atoms with Gasteiger partial charge in [0.05, 0.1) is 18.4 Å². The highest BCUT2D eigenvalue weighted by atomic mass is 16.5. The molecule has 24 heavy (non-hydrogen) atoms. The monoisotopic (exact) mass is 329 g/mol. The van der Waals surface area contributed by atoms with Crippen LogP contribution in [0.25, 0.3) is 0 Å². The average Bonchev–Trinajstić information content (AvgIpc) is 3.16. The molecule has 0 bridgehead atoms. The lowest BCUT2D eigenvalue weighted by molar-refractivity contribution is -0.119. The van der Waals surface area contributed by atoms with Crippen molar-refractivity contribution in [2.75, 3.05) is 13.1 Å². The number of hydrogen-bond acceptors (Lipinski definition) is 5. The molecule has 1 aliphatic rings. The van der Waals surface area contributed by atoms with Crippen LogP contribution in [0.1, 0.15) is 30.3 Å². The van der Waals surface area contributed by atoms with Crippen LogP contribution in [-0.2, 0) is 17.9 Å². The molecule has 7 heteroatoms. The molecule has 3 heterocycles. The third kappa shape index (κ3) is 4.32. The number of rotatable bonds is 6. The van der Waals surface area contributed by atoms with E-state index in [-0.39, 0.29) is 12.0 Å². The molecule has 2 N–H and O–H groups in total. The molecule has 7 nitrogen and oxygen atoms in total. The van der Waals surface area contributed by atoms with E-state index in [0.717, 1.165) is 43.2 Å². The summed E-state index contributed by atoms with van der Waals surface area (Å²) in [5, 5.41) is 9.79. The zero-order valence-corrected chi connectivity index (χ0v) is 14.1. The van der Waals surface area contributed by atoms with Crippen molar-refractivity contribution in [2.24, 2.45) is 0 Å². The minimum atomic E-state index is -0.0657. The minimum Gasteiger partial charge on any atom is -0.489 e. The number of pyridine rings is 1. The zero-order valence-electron chi connectivity index (χ0n) is 14.1. The first-order valence-electron chi connectivity index (χ1n) is 8.17. The molecule has 1 saturated heterocycles. The molecule has 0 aromatic carbocycles. The number of nitrogens with one attached hydrogen (secondary N) is 2. The van der Waals surface area contributed by atoms with Crippen LogP contribution < -0.4 is 10.1 Å². The maximum atomic E-state index is 11.0. The number of H-pyrrole nitrogens is 1. The second-order valence-electron chi connectivity index (χ2n) is 6.18. The number of aromatic nitrogens is 3. The Morgan fingerprint density at radius 3 is 3.17 bits per heavy atom. The van der Waals surface area contributed by atoms with Gasteiger partial charge < -0.3 is 10.1 Å². The summed E-state index contributed by atoms with van der Waals surface area (Å²) < 4.78 is 6.08. The van der Waals surface area contributed by atoms with Crippen LogP contribution in [0.3, 0.4) is 0 Å². The van der Waals surface area contributed by atoms with Crippen LogP contribution in [-0.4, -0.2) is 45.2 Å². The predicted molar refractivity (Wildman–Crippen MR) is 89.4 cm³/mol. The van der Waals surface area contributed by atoms with Crippen molar-refractivity contribution in [2.45, 2.75) is 39.5 Å². The van der Waals surface area contributed by atoms with Crippen LogP contribution in [0, 0.1) is 6.92 Å². The van der Waals surface area contributed by atoms with Crippen LogP contribution >= 0.6 is 0 Å². The molecular weight excluding hydrogens is 306 g/mol. The summed E-state index contributed by atoms with van der Waals surface area (Å²) in [6.45, 7) is 6.76. The van der Waals surface area contributed by atoms with Crippen molar-refractivity contribution < 1.29 is 9.53 Å². The van der Waals surface area contributed by atoms with Gasteiger partial charge in [0.25, 0.3) is 0 Å². The lowest BCUT2D eigenvalue weighted by Crippen LogP contribution is -2.25. The molecule has 2 aromatic rings. The summed E-state index contributed by atoms with van der Waals surface area (Å²) in [5.41, 5.74) is 3.15. The van der Waals surface area contributed by atoms with Gasteiger partial charge in [-0.15, -0.1) is 0 Å². The van der Waals surface area contributed by atoms with Gasteiger partial charge in [-0.3, -0.25) is 19.8 Å². The van der Waals surface area contributed by atoms with Crippen molar-refractivity contribution in [1.82, 2.24) is 25.4 Å². The van der Waals surface area contributed by atoms with E-state index < -0.39 is 0 Å². The van der Waals surface area contributed by atoms with Crippen molar-refractivity contribution in [3.63, 3.8) is 0 Å². The maximum absolute atomic E-state index is 11.0. The van der Waals surface area contributed by atoms with Gasteiger partial charge in [0.15, 0.2) is 0 Å². The molecule has 1 amide bonds. The van der Waals surface area contributed by atoms with Crippen LogP contribution in [0.4, 0.5) is 0 Å². The van der Waals surface area contributed by atoms with E-state index in [4.69, 9.17) is 4.74 Å². The number of likely N-dealkylation sites (tertiary alicyclic amines) is 1. The van der Waals surface area contributed by atoms with E-state index in [1.54, 1.807) is 6.20 Å². The highest BCUT2D eigenvalue weighted by Crippen LogP contribution is 2.20. The Balaban J connectivity index is 1.52. The Hall–Kier alpha value is -2.41. The first-order valence-corrected chi connectivity index (χ1v) is 8.17. The minimum absolute atomic E-state index is 0.0657. The Bertz CT molecular complexity index is 700. The number of ether oxygens (including phenoxy) is 1. The van der Waals surface area contributed by atoms with Crippen molar-refractivity contribution in [3.05, 3.63) is 41.5 Å². The summed E-state index contributed by atoms with van der Waals surface area (Å²) in [7, 11) is 0. The normalized spacial score (nSPS) is 17.8. The molecular formula is C17H23N5O2. The van der Waals surface area contributed by atoms with Crippen molar-refractivity contribution in [1.29, 1.82) is 0 Å². The molecule has 1 aliphatic heterocycles. The van der Waals surface area contributed by atoms with Gasteiger partial charge in [0.1, 0.15) is 11.9 Å². The molecule has 0 radical (unpaired) electrons. The highest BCUT2D eigenvalue weighted by Gasteiger charge is 2.24. The Morgan fingerprint density at radius 1 is 1.54 bits per heavy atom. The van der Waals surface area contributed by atoms with E-state index in [0.29, 0.717) is 6.54 Å². The Labute approximate surface area is 141 Å². The van der Waals surface area contributed by atoms with Gasteiger partial charge >= 0.3 is 0 Å². The molecule has 0 aliphatic carbocycles. The first kappa shape index (κ1) is 16.4. The second kappa shape index (κ2) is 7.44. The first-order chi connectivity index (χ1) is 11.6. The average molecular weight is 329 g/mol. The van der Waals surface area contributed by atoms with E-state index in [2.05, 4.69) is 25.4 Å². The molecule has 3 rings (SSSR count). The number of hydrogen-bond donors (Lipinski definition) is 2. The van der Waals surface area contributed by atoms with Crippen molar-refractivity contribution in [3.8, 4) is 5.75 Å². The zero-order chi connectivity index (χ0) is 16.9. The Kier molecular flexibility index (Phi) is 5.10. The smallest absolute Gasteiger partial charge is 0.217 e. The lowest BCUT2D eigenvalue weighted by atomic mass is 10.2. The highest BCUT2D eigenvalue weighted by molar-refractivity contribution is 5.72. The Morgan fingerprint density at radius 2 is 2.42 bits per heavy atom. The molecule has 0 spiro atoms. The third-order valence-corrected chi connectivity index (χ3v) is 4.17. The third-order valence-electron chi connectivity index (χ3n) is 4.17. The summed E-state index contributed by atoms with van der Waals surface area (Å²) in [5.74, 6) is 0.737. The quantitative estimate of drug-likeness (QED) is 0.837. The number of carbonyl (C=O) groups is 1. The summed E-state index contributed by atoms with van der Waals surface area (Å²) in [4.78, 5) is 17.6. The van der Waals surface area contributed by atoms with E-state index in [1.807, 2.05) is 25.3 Å². The maximum Gasteiger partial charge on any atom is 0.217 e. The van der Waals surface area contributed by atoms with E-state index in [1.165, 1.54) is 12.5 Å². The van der Waals surface area contributed by atoms with Gasteiger partial charge in [-0.1, -0.05) is 0 Å². The van der Waals surface area contributed by atoms with Crippen LogP contribution in [0.2, 0.25) is 0 Å². The number of aromatic amines is 1. The summed E-state index contributed by atoms with van der Waals surface area (Å²) in [6.07, 6.45) is 4.78. The fourth-order valence-corrected chi connectivity index (χ4v) is 2.85. The van der Waals surface area contributed by atoms with Gasteiger partial charge in [0.2, 0.25) is 5.91 Å². The van der Waals surface area contributed by atoms with E-state index >= 15 is 0 Å². The standard InChI is InChI=1S/C17H23N5O2/c1-12-14(8-20-21-12)10-22-6-4-17(11-22)24-16-3-5-18-15(7-16)9-19-13(2)23/h3,5,7-8,17H,4,6,9-11H2,1-2H3,(H,19,23)(H,20,21). The van der Waals surface area contributed by atoms with Crippen molar-refractivity contribution >= 4 is 5.91 Å². The molecule has 2 aromatic heterocycles. The van der Waals surface area contributed by atoms with E-state index in [9.17, 15) is 4.79 Å². The lowest BCUT2D eigenvalue weighted by Gasteiger charge is -2.17. The largest absolute Gasteiger partial charge is 0.489 e. The van der Waals surface area contributed by atoms with Gasteiger partial charge in [0, 0.05) is 50.1 Å². The topological polar surface area (TPSA) is 83.1 Å². The number of carbonyl (C=O) groups excluding carboxylic acids is 1. The SMILES string of the molecule is CC(=O)NCc1cc(OC2CCN(Cc3cn[nH]c3C)C2)ccn1. The number of nitrogens with zero attached hydrogens (tertiary/aromatic N) is 3. The number of amides is 1. The predicted octanol–water partition coefficient (Wildman–Crippen LogP) is 1.40. The second-order valence-corrected chi connectivity index (χ2v) is 6.18. The van der Waals surface area contributed by atoms with Gasteiger partial charge in [-0.2, -0.15) is 5.10 Å². The van der Waals surface area contributed by atoms with Crippen LogP contribution in [0.15, 0.2) is 24.5 Å².